The largest absolute Gasteiger partial charge is 0.381 e. The molecule has 1 unspecified atom stereocenters. The molecule has 6 heteroatoms. The number of ether oxygens (including phenoxy) is 1. The molecule has 3 rings (SSSR count). The van der Waals surface area contributed by atoms with E-state index in [0.29, 0.717) is 24.5 Å². The van der Waals surface area contributed by atoms with Crippen molar-refractivity contribution in [1.82, 2.24) is 5.32 Å². The molecule has 1 aliphatic heterocycles. The summed E-state index contributed by atoms with van der Waals surface area (Å²) in [7, 11) is 0. The van der Waals surface area contributed by atoms with Gasteiger partial charge in [-0.2, -0.15) is 0 Å². The molecule has 2 aromatic rings. The van der Waals surface area contributed by atoms with Crippen LogP contribution in [0.5, 0.6) is 0 Å². The number of nitrogens with two attached hydrogens (primary N) is 1. The molecule has 0 saturated carbocycles. The lowest BCUT2D eigenvalue weighted by Crippen LogP contribution is -2.38. The zero-order valence-electron chi connectivity index (χ0n) is 15.2. The SMILES string of the molecule is NC(CC(=O)Nc1ccc(C(=O)NC2CCOCC2)cc1)c1ccccc1. The third-order valence-electron chi connectivity index (χ3n) is 4.62. The summed E-state index contributed by atoms with van der Waals surface area (Å²) in [6.45, 7) is 1.36. The summed E-state index contributed by atoms with van der Waals surface area (Å²) in [4.78, 5) is 24.5. The van der Waals surface area contributed by atoms with Crippen LogP contribution in [0.1, 0.15) is 41.2 Å². The molecule has 1 saturated heterocycles. The average molecular weight is 367 g/mol. The van der Waals surface area contributed by atoms with Gasteiger partial charge in [-0.05, 0) is 42.7 Å². The Morgan fingerprint density at radius 3 is 2.37 bits per heavy atom. The van der Waals surface area contributed by atoms with Crippen molar-refractivity contribution in [2.75, 3.05) is 18.5 Å². The average Bonchev–Trinajstić information content (AvgIpc) is 2.70. The van der Waals surface area contributed by atoms with Crippen LogP contribution in [-0.4, -0.2) is 31.1 Å². The fourth-order valence-electron chi connectivity index (χ4n) is 3.05. The van der Waals surface area contributed by atoms with Crippen LogP contribution in [0.25, 0.3) is 0 Å². The van der Waals surface area contributed by atoms with Crippen LogP contribution in [0.2, 0.25) is 0 Å². The topological polar surface area (TPSA) is 93.5 Å². The minimum atomic E-state index is -0.351. The molecule has 0 spiro atoms. The number of benzene rings is 2. The number of rotatable bonds is 6. The zero-order chi connectivity index (χ0) is 19.1. The van der Waals surface area contributed by atoms with Crippen LogP contribution in [0.4, 0.5) is 5.69 Å². The van der Waals surface area contributed by atoms with Gasteiger partial charge >= 0.3 is 0 Å². The van der Waals surface area contributed by atoms with E-state index in [9.17, 15) is 9.59 Å². The molecule has 0 radical (unpaired) electrons. The summed E-state index contributed by atoms with van der Waals surface area (Å²) in [6, 6.07) is 16.2. The van der Waals surface area contributed by atoms with Gasteiger partial charge < -0.3 is 21.1 Å². The van der Waals surface area contributed by atoms with Crippen LogP contribution in [-0.2, 0) is 9.53 Å². The monoisotopic (exact) mass is 367 g/mol. The van der Waals surface area contributed by atoms with E-state index in [1.165, 1.54) is 0 Å². The number of carbonyl (C=O) groups excluding carboxylic acids is 2. The highest BCUT2D eigenvalue weighted by molar-refractivity contribution is 5.96. The first-order chi connectivity index (χ1) is 13.1. The summed E-state index contributed by atoms with van der Waals surface area (Å²) in [5.74, 6) is -0.267. The molecule has 1 fully saturated rings. The van der Waals surface area contributed by atoms with Gasteiger partial charge in [0.1, 0.15) is 0 Å². The van der Waals surface area contributed by atoms with Gasteiger partial charge in [0.15, 0.2) is 0 Å². The van der Waals surface area contributed by atoms with Gasteiger partial charge in [0, 0.05) is 43.0 Å². The molecule has 142 valence electrons. The summed E-state index contributed by atoms with van der Waals surface area (Å²) in [6.07, 6.45) is 1.86. The maximum absolute atomic E-state index is 12.3. The lowest BCUT2D eigenvalue weighted by molar-refractivity contribution is -0.116. The second-order valence-electron chi connectivity index (χ2n) is 6.71. The molecule has 2 aromatic carbocycles. The van der Waals surface area contributed by atoms with Gasteiger partial charge in [0.25, 0.3) is 5.91 Å². The number of nitrogens with one attached hydrogen (secondary N) is 2. The standard InChI is InChI=1S/C21H25N3O3/c22-19(15-4-2-1-3-5-15)14-20(25)23-17-8-6-16(7-9-17)21(26)24-18-10-12-27-13-11-18/h1-9,18-19H,10-14,22H2,(H,23,25)(H,24,26). The van der Waals surface area contributed by atoms with Crippen molar-refractivity contribution >= 4 is 17.5 Å². The van der Waals surface area contributed by atoms with Crippen molar-refractivity contribution < 1.29 is 14.3 Å². The van der Waals surface area contributed by atoms with Crippen molar-refractivity contribution in [3.05, 3.63) is 65.7 Å². The molecule has 27 heavy (non-hydrogen) atoms. The Bertz CT molecular complexity index is 756. The molecule has 4 N–H and O–H groups in total. The predicted molar refractivity (Wildman–Crippen MR) is 104 cm³/mol. The summed E-state index contributed by atoms with van der Waals surface area (Å²) in [5, 5.41) is 5.84. The summed E-state index contributed by atoms with van der Waals surface area (Å²) in [5.41, 5.74) is 8.21. The third-order valence-corrected chi connectivity index (χ3v) is 4.62. The van der Waals surface area contributed by atoms with Crippen LogP contribution in [0, 0.1) is 0 Å². The van der Waals surface area contributed by atoms with Crippen LogP contribution < -0.4 is 16.4 Å². The maximum Gasteiger partial charge on any atom is 0.251 e. The molecule has 0 bridgehead atoms. The highest BCUT2D eigenvalue weighted by Gasteiger charge is 2.17. The van der Waals surface area contributed by atoms with E-state index in [2.05, 4.69) is 10.6 Å². The molecule has 6 nitrogen and oxygen atoms in total. The van der Waals surface area contributed by atoms with Gasteiger partial charge in [-0.15, -0.1) is 0 Å². The Morgan fingerprint density at radius 2 is 1.70 bits per heavy atom. The van der Waals surface area contributed by atoms with Crippen molar-refractivity contribution in [3.8, 4) is 0 Å². The van der Waals surface area contributed by atoms with E-state index in [1.807, 2.05) is 30.3 Å². The van der Waals surface area contributed by atoms with Gasteiger partial charge in [-0.1, -0.05) is 30.3 Å². The van der Waals surface area contributed by atoms with Crippen molar-refractivity contribution in [2.45, 2.75) is 31.3 Å². The Balaban J connectivity index is 1.50. The number of hydrogen-bond acceptors (Lipinski definition) is 4. The maximum atomic E-state index is 12.3. The lowest BCUT2D eigenvalue weighted by Gasteiger charge is -2.23. The molecule has 1 aliphatic rings. The quantitative estimate of drug-likeness (QED) is 0.732. The lowest BCUT2D eigenvalue weighted by atomic mass is 10.0. The number of carbonyl (C=O) groups is 2. The normalized spacial score (nSPS) is 15.7. The first-order valence-electron chi connectivity index (χ1n) is 9.21. The van der Waals surface area contributed by atoms with Crippen LogP contribution in [0.3, 0.4) is 0 Å². The summed E-state index contributed by atoms with van der Waals surface area (Å²) >= 11 is 0. The summed E-state index contributed by atoms with van der Waals surface area (Å²) < 4.78 is 5.29. The zero-order valence-corrected chi connectivity index (χ0v) is 15.2. The molecule has 1 heterocycles. The smallest absolute Gasteiger partial charge is 0.251 e. The first kappa shape index (κ1) is 19.1. The second kappa shape index (κ2) is 9.30. The highest BCUT2D eigenvalue weighted by Crippen LogP contribution is 2.16. The fourth-order valence-corrected chi connectivity index (χ4v) is 3.05. The van der Waals surface area contributed by atoms with E-state index in [-0.39, 0.29) is 30.3 Å². The van der Waals surface area contributed by atoms with Gasteiger partial charge in [-0.3, -0.25) is 9.59 Å². The van der Waals surface area contributed by atoms with Gasteiger partial charge in [0.2, 0.25) is 5.91 Å². The van der Waals surface area contributed by atoms with Crippen molar-refractivity contribution in [2.24, 2.45) is 5.73 Å². The third kappa shape index (κ3) is 5.64. The molecular weight excluding hydrogens is 342 g/mol. The predicted octanol–water partition coefficient (Wildman–Crippen LogP) is 2.62. The van der Waals surface area contributed by atoms with E-state index >= 15 is 0 Å². The van der Waals surface area contributed by atoms with Gasteiger partial charge in [-0.25, -0.2) is 0 Å². The number of amides is 2. The van der Waals surface area contributed by atoms with Crippen LogP contribution in [0.15, 0.2) is 54.6 Å². The minimum Gasteiger partial charge on any atom is -0.381 e. The van der Waals surface area contributed by atoms with Crippen LogP contribution >= 0.6 is 0 Å². The molecule has 0 aliphatic carbocycles. The number of hydrogen-bond donors (Lipinski definition) is 3. The Labute approximate surface area is 159 Å². The fraction of sp³-hybridized carbons (Fsp3) is 0.333. The molecule has 0 aromatic heterocycles. The Kier molecular flexibility index (Phi) is 6.57. The molecule has 2 amide bonds. The number of anilines is 1. The van der Waals surface area contributed by atoms with Gasteiger partial charge in [0.05, 0.1) is 0 Å². The first-order valence-corrected chi connectivity index (χ1v) is 9.21. The Hall–Kier alpha value is -2.70. The highest BCUT2D eigenvalue weighted by atomic mass is 16.5. The van der Waals surface area contributed by atoms with E-state index in [0.717, 1.165) is 18.4 Å². The Morgan fingerprint density at radius 1 is 1.04 bits per heavy atom. The van der Waals surface area contributed by atoms with Crippen molar-refractivity contribution in [3.63, 3.8) is 0 Å². The van der Waals surface area contributed by atoms with E-state index in [4.69, 9.17) is 10.5 Å². The molecule has 1 atom stereocenters. The minimum absolute atomic E-state index is 0.106. The van der Waals surface area contributed by atoms with E-state index in [1.54, 1.807) is 24.3 Å². The second-order valence-corrected chi connectivity index (χ2v) is 6.71. The van der Waals surface area contributed by atoms with Crippen molar-refractivity contribution in [1.29, 1.82) is 0 Å². The molecular formula is C21H25N3O3. The van der Waals surface area contributed by atoms with E-state index < -0.39 is 0 Å².